The SMILES string of the molecule is CCCOc1ccccc1NCc1cc(C)ccc1O. The molecule has 0 saturated heterocycles. The van der Waals surface area contributed by atoms with Crippen molar-refractivity contribution in [3.63, 3.8) is 0 Å². The fourth-order valence-corrected chi connectivity index (χ4v) is 2.00. The van der Waals surface area contributed by atoms with E-state index in [1.165, 1.54) is 0 Å². The average molecular weight is 271 g/mol. The molecule has 0 aliphatic heterocycles. The number of anilines is 1. The Morgan fingerprint density at radius 2 is 1.95 bits per heavy atom. The van der Waals surface area contributed by atoms with Gasteiger partial charge in [0.2, 0.25) is 0 Å². The summed E-state index contributed by atoms with van der Waals surface area (Å²) in [5.74, 6) is 1.16. The van der Waals surface area contributed by atoms with Gasteiger partial charge in [0.05, 0.1) is 12.3 Å². The van der Waals surface area contributed by atoms with Crippen LogP contribution in [0.15, 0.2) is 42.5 Å². The van der Waals surface area contributed by atoms with Gasteiger partial charge in [0, 0.05) is 12.1 Å². The Hall–Kier alpha value is -2.16. The predicted molar refractivity (Wildman–Crippen MR) is 82.4 cm³/mol. The number of para-hydroxylation sites is 2. The highest BCUT2D eigenvalue weighted by molar-refractivity contribution is 5.56. The number of hydrogen-bond donors (Lipinski definition) is 2. The van der Waals surface area contributed by atoms with Crippen molar-refractivity contribution in [2.24, 2.45) is 0 Å². The second kappa shape index (κ2) is 6.85. The second-order valence-corrected chi connectivity index (χ2v) is 4.83. The van der Waals surface area contributed by atoms with Crippen LogP contribution in [-0.4, -0.2) is 11.7 Å². The molecule has 0 aliphatic carbocycles. The molecule has 0 unspecified atom stereocenters. The number of rotatable bonds is 6. The first kappa shape index (κ1) is 14.3. The highest BCUT2D eigenvalue weighted by Gasteiger charge is 2.05. The minimum absolute atomic E-state index is 0.315. The molecule has 106 valence electrons. The fraction of sp³-hybridized carbons (Fsp3) is 0.294. The van der Waals surface area contributed by atoms with E-state index in [4.69, 9.17) is 4.74 Å². The van der Waals surface area contributed by atoms with Crippen LogP contribution in [0, 0.1) is 6.92 Å². The summed E-state index contributed by atoms with van der Waals surface area (Å²) < 4.78 is 5.70. The van der Waals surface area contributed by atoms with Gasteiger partial charge in [0.1, 0.15) is 11.5 Å². The van der Waals surface area contributed by atoms with E-state index >= 15 is 0 Å². The van der Waals surface area contributed by atoms with E-state index in [0.29, 0.717) is 18.9 Å². The van der Waals surface area contributed by atoms with E-state index in [0.717, 1.165) is 29.0 Å². The van der Waals surface area contributed by atoms with Crippen LogP contribution in [0.3, 0.4) is 0 Å². The van der Waals surface area contributed by atoms with Gasteiger partial charge in [-0.1, -0.05) is 36.8 Å². The van der Waals surface area contributed by atoms with Crippen LogP contribution >= 0.6 is 0 Å². The molecule has 2 aromatic rings. The summed E-state index contributed by atoms with van der Waals surface area (Å²) in [4.78, 5) is 0. The molecule has 2 rings (SSSR count). The maximum Gasteiger partial charge on any atom is 0.142 e. The van der Waals surface area contributed by atoms with Gasteiger partial charge in [-0.15, -0.1) is 0 Å². The Kier molecular flexibility index (Phi) is 4.88. The molecular weight excluding hydrogens is 250 g/mol. The minimum Gasteiger partial charge on any atom is -0.508 e. The lowest BCUT2D eigenvalue weighted by Crippen LogP contribution is -2.03. The first-order valence-corrected chi connectivity index (χ1v) is 6.95. The maximum absolute atomic E-state index is 9.85. The van der Waals surface area contributed by atoms with Crippen LogP contribution < -0.4 is 10.1 Å². The Balaban J connectivity index is 2.08. The minimum atomic E-state index is 0.315. The quantitative estimate of drug-likeness (QED) is 0.831. The van der Waals surface area contributed by atoms with Crippen molar-refractivity contribution < 1.29 is 9.84 Å². The Labute approximate surface area is 120 Å². The summed E-state index contributed by atoms with van der Waals surface area (Å²) in [5.41, 5.74) is 2.97. The molecule has 3 heteroatoms. The third kappa shape index (κ3) is 3.67. The highest BCUT2D eigenvalue weighted by atomic mass is 16.5. The summed E-state index contributed by atoms with van der Waals surface area (Å²) in [5, 5.41) is 13.2. The van der Waals surface area contributed by atoms with Crippen molar-refractivity contribution in [3.05, 3.63) is 53.6 Å². The van der Waals surface area contributed by atoms with Crippen LogP contribution in [0.2, 0.25) is 0 Å². The lowest BCUT2D eigenvalue weighted by atomic mass is 10.1. The van der Waals surface area contributed by atoms with Gasteiger partial charge in [0.15, 0.2) is 0 Å². The normalized spacial score (nSPS) is 10.3. The molecule has 0 bridgehead atoms. The first-order chi connectivity index (χ1) is 9.70. The fourth-order valence-electron chi connectivity index (χ4n) is 2.00. The van der Waals surface area contributed by atoms with E-state index in [9.17, 15) is 5.11 Å². The molecule has 0 aliphatic rings. The Morgan fingerprint density at radius 1 is 1.15 bits per heavy atom. The van der Waals surface area contributed by atoms with Gasteiger partial charge in [-0.05, 0) is 31.5 Å². The van der Waals surface area contributed by atoms with Gasteiger partial charge in [0.25, 0.3) is 0 Å². The van der Waals surface area contributed by atoms with Crippen molar-refractivity contribution in [3.8, 4) is 11.5 Å². The summed E-state index contributed by atoms with van der Waals surface area (Å²) in [6.45, 7) is 5.37. The van der Waals surface area contributed by atoms with E-state index in [1.54, 1.807) is 6.07 Å². The number of phenols is 1. The smallest absolute Gasteiger partial charge is 0.142 e. The van der Waals surface area contributed by atoms with Crippen LogP contribution in [0.25, 0.3) is 0 Å². The van der Waals surface area contributed by atoms with Crippen molar-refractivity contribution in [1.82, 2.24) is 0 Å². The molecule has 2 aromatic carbocycles. The van der Waals surface area contributed by atoms with Gasteiger partial charge in [-0.3, -0.25) is 0 Å². The zero-order chi connectivity index (χ0) is 14.4. The van der Waals surface area contributed by atoms with Crippen molar-refractivity contribution in [2.45, 2.75) is 26.8 Å². The van der Waals surface area contributed by atoms with E-state index in [1.807, 2.05) is 43.3 Å². The standard InChI is InChI=1S/C17H21NO2/c1-3-10-20-17-7-5-4-6-15(17)18-12-14-11-13(2)8-9-16(14)19/h4-9,11,18-19H,3,10,12H2,1-2H3. The topological polar surface area (TPSA) is 41.5 Å². The van der Waals surface area contributed by atoms with E-state index in [-0.39, 0.29) is 0 Å². The molecule has 0 aromatic heterocycles. The molecule has 3 nitrogen and oxygen atoms in total. The molecule has 2 N–H and O–H groups in total. The molecule has 0 fully saturated rings. The monoisotopic (exact) mass is 271 g/mol. The summed E-state index contributed by atoms with van der Waals surface area (Å²) in [6.07, 6.45) is 0.979. The van der Waals surface area contributed by atoms with Crippen molar-refractivity contribution in [1.29, 1.82) is 0 Å². The molecule has 0 atom stereocenters. The number of benzene rings is 2. The number of ether oxygens (including phenoxy) is 1. The van der Waals surface area contributed by atoms with Crippen LogP contribution in [0.4, 0.5) is 5.69 Å². The molecule has 0 radical (unpaired) electrons. The van der Waals surface area contributed by atoms with Crippen molar-refractivity contribution >= 4 is 5.69 Å². The molecule has 20 heavy (non-hydrogen) atoms. The second-order valence-electron chi connectivity index (χ2n) is 4.83. The number of aryl methyl sites for hydroxylation is 1. The van der Waals surface area contributed by atoms with Gasteiger partial charge in [-0.25, -0.2) is 0 Å². The number of phenolic OH excluding ortho intramolecular Hbond substituents is 1. The number of nitrogens with one attached hydrogen (secondary N) is 1. The zero-order valence-electron chi connectivity index (χ0n) is 12.0. The summed E-state index contributed by atoms with van der Waals surface area (Å²) in [6, 6.07) is 13.5. The first-order valence-electron chi connectivity index (χ1n) is 6.95. The maximum atomic E-state index is 9.85. The Morgan fingerprint density at radius 3 is 2.75 bits per heavy atom. The van der Waals surface area contributed by atoms with Gasteiger partial charge >= 0.3 is 0 Å². The lowest BCUT2D eigenvalue weighted by Gasteiger charge is -2.13. The van der Waals surface area contributed by atoms with Gasteiger partial charge < -0.3 is 15.2 Å². The molecule has 0 saturated carbocycles. The zero-order valence-corrected chi connectivity index (χ0v) is 12.0. The average Bonchev–Trinajstić information content (AvgIpc) is 2.47. The predicted octanol–water partition coefficient (Wildman–Crippen LogP) is 4.10. The van der Waals surface area contributed by atoms with E-state index < -0.39 is 0 Å². The summed E-state index contributed by atoms with van der Waals surface area (Å²) in [7, 11) is 0. The van der Waals surface area contributed by atoms with Crippen molar-refractivity contribution in [2.75, 3.05) is 11.9 Å². The third-order valence-corrected chi connectivity index (χ3v) is 3.05. The largest absolute Gasteiger partial charge is 0.508 e. The molecular formula is C17H21NO2. The Bertz CT molecular complexity index is 567. The van der Waals surface area contributed by atoms with Crippen LogP contribution in [-0.2, 0) is 6.54 Å². The van der Waals surface area contributed by atoms with Gasteiger partial charge in [-0.2, -0.15) is 0 Å². The number of aromatic hydroxyl groups is 1. The lowest BCUT2D eigenvalue weighted by molar-refractivity contribution is 0.319. The van der Waals surface area contributed by atoms with E-state index in [2.05, 4.69) is 12.2 Å². The third-order valence-electron chi connectivity index (χ3n) is 3.05. The molecule has 0 heterocycles. The van der Waals surface area contributed by atoms with Crippen LogP contribution in [0.1, 0.15) is 24.5 Å². The van der Waals surface area contributed by atoms with Crippen LogP contribution in [0.5, 0.6) is 11.5 Å². The molecule has 0 spiro atoms. The highest BCUT2D eigenvalue weighted by Crippen LogP contribution is 2.26. The molecule has 0 amide bonds. The summed E-state index contributed by atoms with van der Waals surface area (Å²) >= 11 is 0. The number of hydrogen-bond acceptors (Lipinski definition) is 3.